The quantitative estimate of drug-likeness (QED) is 0.764. The summed E-state index contributed by atoms with van der Waals surface area (Å²) < 4.78 is 5.14. The highest BCUT2D eigenvalue weighted by atomic mass is 16.3. The van der Waals surface area contributed by atoms with E-state index in [1.807, 2.05) is 6.92 Å². The highest BCUT2D eigenvalue weighted by molar-refractivity contribution is 5.04. The molecule has 78 valence electrons. The second kappa shape index (κ2) is 4.11. The number of piperidine rings is 1. The van der Waals surface area contributed by atoms with Gasteiger partial charge in [0, 0.05) is 19.6 Å². The number of rotatable bonds is 2. The van der Waals surface area contributed by atoms with Crippen LogP contribution in [-0.2, 0) is 6.54 Å². The van der Waals surface area contributed by atoms with Gasteiger partial charge >= 0.3 is 0 Å². The fraction of sp³-hybridized carbons (Fsp3) is 0.700. The molecular weight excluding hydrogens is 180 g/mol. The molecular formula is C10H16N2O2. The van der Waals surface area contributed by atoms with Gasteiger partial charge in [0.05, 0.1) is 11.8 Å². The highest BCUT2D eigenvalue weighted by Crippen LogP contribution is 2.14. The fourth-order valence-electron chi connectivity index (χ4n) is 1.77. The summed E-state index contributed by atoms with van der Waals surface area (Å²) in [4.78, 5) is 6.46. The number of aromatic nitrogens is 1. The van der Waals surface area contributed by atoms with E-state index in [2.05, 4.69) is 9.88 Å². The maximum atomic E-state index is 9.35. The number of aliphatic hydroxyl groups excluding tert-OH is 1. The molecule has 1 aromatic rings. The molecule has 0 saturated carbocycles. The molecule has 1 aliphatic heterocycles. The molecule has 1 aromatic heterocycles. The largest absolute Gasteiger partial charge is 0.448 e. The zero-order chi connectivity index (χ0) is 9.97. The molecule has 1 N–H and O–H groups in total. The molecule has 4 heteroatoms. The van der Waals surface area contributed by atoms with Gasteiger partial charge in [-0.25, -0.2) is 4.98 Å². The van der Waals surface area contributed by atoms with E-state index in [0.717, 1.165) is 43.9 Å². The first kappa shape index (κ1) is 9.68. The second-order valence-corrected chi connectivity index (χ2v) is 3.86. The summed E-state index contributed by atoms with van der Waals surface area (Å²) >= 11 is 0. The van der Waals surface area contributed by atoms with Gasteiger partial charge in [0.15, 0.2) is 6.39 Å². The zero-order valence-electron chi connectivity index (χ0n) is 8.44. The van der Waals surface area contributed by atoms with Crippen LogP contribution < -0.4 is 0 Å². The SMILES string of the molecule is Cc1ocnc1CN1CCC(O)CC1. The Hall–Kier alpha value is -0.870. The minimum Gasteiger partial charge on any atom is -0.448 e. The Bertz CT molecular complexity index is 290. The summed E-state index contributed by atoms with van der Waals surface area (Å²) in [6.45, 7) is 4.68. The van der Waals surface area contributed by atoms with Crippen LogP contribution in [0.25, 0.3) is 0 Å². The van der Waals surface area contributed by atoms with Crippen molar-refractivity contribution in [3.63, 3.8) is 0 Å². The van der Waals surface area contributed by atoms with E-state index in [4.69, 9.17) is 4.42 Å². The summed E-state index contributed by atoms with van der Waals surface area (Å²) in [5.74, 6) is 0.899. The third kappa shape index (κ3) is 2.13. The van der Waals surface area contributed by atoms with Crippen molar-refractivity contribution < 1.29 is 9.52 Å². The van der Waals surface area contributed by atoms with E-state index < -0.39 is 0 Å². The summed E-state index contributed by atoms with van der Waals surface area (Å²) in [6.07, 6.45) is 3.13. The molecule has 2 rings (SSSR count). The minimum atomic E-state index is -0.107. The van der Waals surface area contributed by atoms with Crippen molar-refractivity contribution in [1.29, 1.82) is 0 Å². The van der Waals surface area contributed by atoms with Crippen LogP contribution in [0.3, 0.4) is 0 Å². The first-order chi connectivity index (χ1) is 6.75. The molecule has 0 unspecified atom stereocenters. The van der Waals surface area contributed by atoms with Crippen LogP contribution in [0.2, 0.25) is 0 Å². The van der Waals surface area contributed by atoms with Gasteiger partial charge in [-0.15, -0.1) is 0 Å². The van der Waals surface area contributed by atoms with Crippen molar-refractivity contribution in [3.05, 3.63) is 17.8 Å². The van der Waals surface area contributed by atoms with Crippen molar-refractivity contribution in [2.75, 3.05) is 13.1 Å². The molecule has 0 spiro atoms. The van der Waals surface area contributed by atoms with E-state index in [1.165, 1.54) is 6.39 Å². The van der Waals surface area contributed by atoms with Gasteiger partial charge in [-0.2, -0.15) is 0 Å². The van der Waals surface area contributed by atoms with E-state index in [0.29, 0.717) is 0 Å². The number of oxazole rings is 1. The van der Waals surface area contributed by atoms with Gasteiger partial charge in [-0.1, -0.05) is 0 Å². The summed E-state index contributed by atoms with van der Waals surface area (Å²) in [7, 11) is 0. The van der Waals surface area contributed by atoms with Crippen LogP contribution >= 0.6 is 0 Å². The molecule has 0 aliphatic carbocycles. The number of hydrogen-bond donors (Lipinski definition) is 1. The molecule has 0 bridgehead atoms. The monoisotopic (exact) mass is 196 g/mol. The molecule has 0 atom stereocenters. The lowest BCUT2D eigenvalue weighted by Gasteiger charge is -2.28. The minimum absolute atomic E-state index is 0.107. The fourth-order valence-corrected chi connectivity index (χ4v) is 1.77. The zero-order valence-corrected chi connectivity index (χ0v) is 8.44. The number of hydrogen-bond acceptors (Lipinski definition) is 4. The van der Waals surface area contributed by atoms with Crippen molar-refractivity contribution in [1.82, 2.24) is 9.88 Å². The molecule has 0 aromatic carbocycles. The summed E-state index contributed by atoms with van der Waals surface area (Å²) in [5, 5.41) is 9.35. The number of aryl methyl sites for hydroxylation is 1. The van der Waals surface area contributed by atoms with Gasteiger partial charge in [0.1, 0.15) is 5.76 Å². The predicted molar refractivity (Wildman–Crippen MR) is 51.8 cm³/mol. The van der Waals surface area contributed by atoms with E-state index >= 15 is 0 Å². The van der Waals surface area contributed by atoms with Crippen molar-refractivity contribution in [2.45, 2.75) is 32.4 Å². The van der Waals surface area contributed by atoms with E-state index in [1.54, 1.807) is 0 Å². The first-order valence-electron chi connectivity index (χ1n) is 5.05. The molecule has 1 fully saturated rings. The lowest BCUT2D eigenvalue weighted by molar-refractivity contribution is 0.0785. The maximum absolute atomic E-state index is 9.35. The molecule has 14 heavy (non-hydrogen) atoms. The Labute approximate surface area is 83.5 Å². The molecule has 2 heterocycles. The van der Waals surface area contributed by atoms with Gasteiger partial charge < -0.3 is 9.52 Å². The standard InChI is InChI=1S/C10H16N2O2/c1-8-10(11-7-14-8)6-12-4-2-9(13)3-5-12/h7,9,13H,2-6H2,1H3. The number of nitrogens with zero attached hydrogens (tertiary/aromatic N) is 2. The highest BCUT2D eigenvalue weighted by Gasteiger charge is 2.18. The van der Waals surface area contributed by atoms with Gasteiger partial charge in [0.25, 0.3) is 0 Å². The average Bonchev–Trinajstić information content (AvgIpc) is 2.56. The Kier molecular flexibility index (Phi) is 2.84. The van der Waals surface area contributed by atoms with Crippen molar-refractivity contribution in [2.24, 2.45) is 0 Å². The third-order valence-electron chi connectivity index (χ3n) is 2.77. The van der Waals surface area contributed by atoms with Crippen LogP contribution in [0.15, 0.2) is 10.8 Å². The molecule has 1 saturated heterocycles. The van der Waals surface area contributed by atoms with Gasteiger partial charge in [0.2, 0.25) is 0 Å². The smallest absolute Gasteiger partial charge is 0.181 e. The van der Waals surface area contributed by atoms with Crippen molar-refractivity contribution in [3.8, 4) is 0 Å². The van der Waals surface area contributed by atoms with Crippen LogP contribution in [0.1, 0.15) is 24.3 Å². The molecule has 4 nitrogen and oxygen atoms in total. The number of aliphatic hydroxyl groups is 1. The van der Waals surface area contributed by atoms with E-state index in [-0.39, 0.29) is 6.10 Å². The topological polar surface area (TPSA) is 49.5 Å². The average molecular weight is 196 g/mol. The van der Waals surface area contributed by atoms with Crippen LogP contribution in [-0.4, -0.2) is 34.2 Å². The maximum Gasteiger partial charge on any atom is 0.181 e. The lowest BCUT2D eigenvalue weighted by atomic mass is 10.1. The predicted octanol–water partition coefficient (Wildman–Crippen LogP) is 0.940. The van der Waals surface area contributed by atoms with E-state index in [9.17, 15) is 5.11 Å². The Balaban J connectivity index is 1.89. The molecule has 1 aliphatic rings. The van der Waals surface area contributed by atoms with Crippen molar-refractivity contribution >= 4 is 0 Å². The van der Waals surface area contributed by atoms with Gasteiger partial charge in [-0.3, -0.25) is 4.90 Å². The Morgan fingerprint density at radius 3 is 2.86 bits per heavy atom. The summed E-state index contributed by atoms with van der Waals surface area (Å²) in [6, 6.07) is 0. The van der Waals surface area contributed by atoms with Crippen LogP contribution in [0.4, 0.5) is 0 Å². The lowest BCUT2D eigenvalue weighted by Crippen LogP contribution is -2.35. The third-order valence-corrected chi connectivity index (χ3v) is 2.77. The summed E-state index contributed by atoms with van der Waals surface area (Å²) in [5.41, 5.74) is 1.02. The Morgan fingerprint density at radius 2 is 2.29 bits per heavy atom. The first-order valence-corrected chi connectivity index (χ1v) is 5.05. The van der Waals surface area contributed by atoms with Gasteiger partial charge in [-0.05, 0) is 19.8 Å². The number of likely N-dealkylation sites (tertiary alicyclic amines) is 1. The second-order valence-electron chi connectivity index (χ2n) is 3.86. The van der Waals surface area contributed by atoms with Crippen LogP contribution in [0.5, 0.6) is 0 Å². The molecule has 0 amide bonds. The Morgan fingerprint density at radius 1 is 1.57 bits per heavy atom. The normalized spacial score (nSPS) is 20.1. The van der Waals surface area contributed by atoms with Crippen LogP contribution in [0, 0.1) is 6.92 Å². The molecule has 0 radical (unpaired) electrons.